The Morgan fingerprint density at radius 3 is 2.55 bits per heavy atom. The number of aliphatic hydroxyl groups is 1. The Morgan fingerprint density at radius 2 is 2.00 bits per heavy atom. The topological polar surface area (TPSA) is 67.8 Å². The molecule has 0 unspecified atom stereocenters. The van der Waals surface area contributed by atoms with Crippen molar-refractivity contribution in [3.05, 3.63) is 35.9 Å². The van der Waals surface area contributed by atoms with E-state index in [0.717, 1.165) is 5.56 Å². The molecular formula is C15H21NO4. The number of carbonyl (C=O) groups is 1. The van der Waals surface area contributed by atoms with Gasteiger partial charge in [-0.25, -0.2) is 0 Å². The maximum atomic E-state index is 11.6. The fraction of sp³-hybridized carbons (Fsp3) is 0.400. The first-order valence-electron chi connectivity index (χ1n) is 6.30. The molecule has 0 saturated heterocycles. The van der Waals surface area contributed by atoms with Gasteiger partial charge >= 0.3 is 0 Å². The molecular weight excluding hydrogens is 258 g/mol. The van der Waals surface area contributed by atoms with E-state index in [4.69, 9.17) is 14.6 Å². The van der Waals surface area contributed by atoms with Gasteiger partial charge in [-0.15, -0.1) is 0 Å². The molecule has 0 atom stereocenters. The van der Waals surface area contributed by atoms with Gasteiger partial charge in [0, 0.05) is 13.2 Å². The van der Waals surface area contributed by atoms with Gasteiger partial charge in [-0.1, -0.05) is 12.1 Å². The Morgan fingerprint density at radius 1 is 1.35 bits per heavy atom. The largest absolute Gasteiger partial charge is 0.468 e. The second kappa shape index (κ2) is 7.67. The maximum Gasteiger partial charge on any atom is 0.244 e. The van der Waals surface area contributed by atoms with Crippen molar-refractivity contribution in [3.63, 3.8) is 0 Å². The van der Waals surface area contributed by atoms with Crippen molar-refractivity contribution >= 4 is 12.0 Å². The van der Waals surface area contributed by atoms with Crippen molar-refractivity contribution in [2.45, 2.75) is 19.4 Å². The zero-order valence-electron chi connectivity index (χ0n) is 12.1. The average molecular weight is 279 g/mol. The standard InChI is InChI=1S/C15H21NO4/c1-15(2,10-17)16-14(18)9-6-12-4-7-13(8-5-12)20-11-19-3/h4-9,17H,10-11H2,1-3H3,(H,16,18)/b9-6+. The van der Waals surface area contributed by atoms with Gasteiger partial charge in [-0.2, -0.15) is 0 Å². The van der Waals surface area contributed by atoms with Crippen LogP contribution in [-0.4, -0.2) is 37.1 Å². The number of methoxy groups -OCH3 is 1. The van der Waals surface area contributed by atoms with Gasteiger partial charge in [0.15, 0.2) is 6.79 Å². The summed E-state index contributed by atoms with van der Waals surface area (Å²) in [5.74, 6) is 0.457. The molecule has 0 bridgehead atoms. The van der Waals surface area contributed by atoms with Crippen LogP contribution >= 0.6 is 0 Å². The predicted octanol–water partition coefficient (Wildman–Crippen LogP) is 1.57. The zero-order chi connectivity index (χ0) is 15.0. The molecule has 0 radical (unpaired) electrons. The molecule has 5 heteroatoms. The number of aliphatic hydroxyl groups excluding tert-OH is 1. The van der Waals surface area contributed by atoms with E-state index in [2.05, 4.69) is 5.32 Å². The number of hydrogen-bond acceptors (Lipinski definition) is 4. The molecule has 20 heavy (non-hydrogen) atoms. The van der Waals surface area contributed by atoms with Crippen molar-refractivity contribution in [1.29, 1.82) is 0 Å². The molecule has 0 heterocycles. The summed E-state index contributed by atoms with van der Waals surface area (Å²) in [4.78, 5) is 11.6. The van der Waals surface area contributed by atoms with Crippen LogP contribution in [-0.2, 0) is 9.53 Å². The highest BCUT2D eigenvalue weighted by molar-refractivity contribution is 5.92. The molecule has 0 fully saturated rings. The Bertz CT molecular complexity index is 451. The fourth-order valence-corrected chi connectivity index (χ4v) is 1.39. The first-order chi connectivity index (χ1) is 9.46. The van der Waals surface area contributed by atoms with Crippen molar-refractivity contribution in [1.82, 2.24) is 5.32 Å². The first kappa shape index (κ1) is 16.2. The number of hydrogen-bond donors (Lipinski definition) is 2. The molecule has 1 rings (SSSR count). The third-order valence-electron chi connectivity index (χ3n) is 2.51. The molecule has 2 N–H and O–H groups in total. The molecule has 1 aromatic rings. The number of ether oxygens (including phenoxy) is 2. The molecule has 0 aliphatic carbocycles. The van der Waals surface area contributed by atoms with E-state index < -0.39 is 5.54 Å². The van der Waals surface area contributed by atoms with E-state index in [9.17, 15) is 4.79 Å². The van der Waals surface area contributed by atoms with Crippen LogP contribution in [0.25, 0.3) is 6.08 Å². The maximum absolute atomic E-state index is 11.6. The molecule has 5 nitrogen and oxygen atoms in total. The average Bonchev–Trinajstić information content (AvgIpc) is 2.43. The minimum Gasteiger partial charge on any atom is -0.468 e. The minimum atomic E-state index is -0.626. The van der Waals surface area contributed by atoms with Crippen LogP contribution in [0.1, 0.15) is 19.4 Å². The summed E-state index contributed by atoms with van der Waals surface area (Å²) in [6, 6.07) is 7.28. The van der Waals surface area contributed by atoms with Gasteiger partial charge in [-0.05, 0) is 37.6 Å². The lowest BCUT2D eigenvalue weighted by atomic mass is 10.1. The van der Waals surface area contributed by atoms with E-state index in [0.29, 0.717) is 5.75 Å². The smallest absolute Gasteiger partial charge is 0.244 e. The van der Waals surface area contributed by atoms with Gasteiger partial charge in [-0.3, -0.25) is 4.79 Å². The van der Waals surface area contributed by atoms with Crippen LogP contribution < -0.4 is 10.1 Å². The zero-order valence-corrected chi connectivity index (χ0v) is 12.1. The van der Waals surface area contributed by atoms with Crippen LogP contribution in [0.15, 0.2) is 30.3 Å². The lowest BCUT2D eigenvalue weighted by molar-refractivity contribution is -0.118. The highest BCUT2D eigenvalue weighted by atomic mass is 16.7. The predicted molar refractivity (Wildman–Crippen MR) is 77.3 cm³/mol. The van der Waals surface area contributed by atoms with Crippen LogP contribution in [0.3, 0.4) is 0 Å². The number of amides is 1. The summed E-state index contributed by atoms with van der Waals surface area (Å²) in [7, 11) is 1.56. The van der Waals surface area contributed by atoms with Gasteiger partial charge in [0.05, 0.1) is 12.1 Å². The van der Waals surface area contributed by atoms with Crippen molar-refractivity contribution < 1.29 is 19.4 Å². The van der Waals surface area contributed by atoms with Crippen LogP contribution in [0.4, 0.5) is 0 Å². The summed E-state index contributed by atoms with van der Waals surface area (Å²) in [6.07, 6.45) is 3.13. The lowest BCUT2D eigenvalue weighted by Crippen LogP contribution is -2.45. The van der Waals surface area contributed by atoms with E-state index in [1.807, 2.05) is 12.1 Å². The van der Waals surface area contributed by atoms with E-state index >= 15 is 0 Å². The van der Waals surface area contributed by atoms with E-state index in [1.165, 1.54) is 6.08 Å². The summed E-state index contributed by atoms with van der Waals surface area (Å²) in [5, 5.41) is 11.8. The SMILES string of the molecule is COCOc1ccc(/C=C/C(=O)NC(C)(C)CO)cc1. The second-order valence-electron chi connectivity index (χ2n) is 4.98. The summed E-state index contributed by atoms with van der Waals surface area (Å²) in [6.45, 7) is 3.59. The second-order valence-corrected chi connectivity index (χ2v) is 4.98. The van der Waals surface area contributed by atoms with Crippen LogP contribution in [0, 0.1) is 0 Å². The Labute approximate surface area is 119 Å². The van der Waals surface area contributed by atoms with E-state index in [1.54, 1.807) is 39.2 Å². The molecule has 1 aromatic carbocycles. The van der Waals surface area contributed by atoms with Gasteiger partial charge in [0.2, 0.25) is 5.91 Å². The Balaban J connectivity index is 2.55. The normalized spacial score (nSPS) is 11.6. The first-order valence-corrected chi connectivity index (χ1v) is 6.30. The molecule has 0 spiro atoms. The number of carbonyl (C=O) groups excluding carboxylic acids is 1. The molecule has 0 aliphatic heterocycles. The molecule has 110 valence electrons. The van der Waals surface area contributed by atoms with E-state index in [-0.39, 0.29) is 19.3 Å². The number of benzene rings is 1. The molecule has 0 aromatic heterocycles. The highest BCUT2D eigenvalue weighted by Crippen LogP contribution is 2.13. The summed E-state index contributed by atoms with van der Waals surface area (Å²) < 4.78 is 10.1. The van der Waals surface area contributed by atoms with Crippen LogP contribution in [0.5, 0.6) is 5.75 Å². The van der Waals surface area contributed by atoms with Crippen molar-refractivity contribution in [3.8, 4) is 5.75 Å². The Kier molecular flexibility index (Phi) is 6.21. The number of nitrogens with one attached hydrogen (secondary N) is 1. The quantitative estimate of drug-likeness (QED) is 0.587. The Hall–Kier alpha value is -1.85. The highest BCUT2D eigenvalue weighted by Gasteiger charge is 2.17. The third-order valence-corrected chi connectivity index (χ3v) is 2.51. The van der Waals surface area contributed by atoms with Crippen molar-refractivity contribution in [2.24, 2.45) is 0 Å². The summed E-state index contributed by atoms with van der Waals surface area (Å²) in [5.41, 5.74) is 0.256. The van der Waals surface area contributed by atoms with Gasteiger partial charge in [0.1, 0.15) is 5.75 Å². The number of rotatable bonds is 7. The van der Waals surface area contributed by atoms with Gasteiger partial charge in [0.25, 0.3) is 0 Å². The summed E-state index contributed by atoms with van der Waals surface area (Å²) >= 11 is 0. The molecule has 1 amide bonds. The monoisotopic (exact) mass is 279 g/mol. The third kappa shape index (κ3) is 5.86. The van der Waals surface area contributed by atoms with Crippen LogP contribution in [0.2, 0.25) is 0 Å². The van der Waals surface area contributed by atoms with Crippen molar-refractivity contribution in [2.75, 3.05) is 20.5 Å². The molecule has 0 saturated carbocycles. The molecule has 0 aliphatic rings. The fourth-order valence-electron chi connectivity index (χ4n) is 1.39. The minimum absolute atomic E-state index is 0.113. The van der Waals surface area contributed by atoms with Gasteiger partial charge < -0.3 is 19.9 Å². The lowest BCUT2D eigenvalue weighted by Gasteiger charge is -2.22.